The fraction of sp³-hybridized carbons (Fsp3) is 0.469. The number of aliphatic hydroxyl groups is 1. The number of ether oxygens (including phenoxy) is 7. The van der Waals surface area contributed by atoms with Gasteiger partial charge in [0.1, 0.15) is 47.7 Å². The van der Waals surface area contributed by atoms with Crippen molar-refractivity contribution in [2.75, 3.05) is 21.0 Å². The predicted octanol–water partition coefficient (Wildman–Crippen LogP) is 5.29. The average molecular weight is 569 g/mol. The molecule has 4 rings (SSSR count). The van der Waals surface area contributed by atoms with Crippen LogP contribution < -0.4 is 14.2 Å². The molecule has 4 unspecified atom stereocenters. The summed E-state index contributed by atoms with van der Waals surface area (Å²) in [6, 6.07) is 11.0. The molecule has 41 heavy (non-hydrogen) atoms. The molecule has 0 spiro atoms. The van der Waals surface area contributed by atoms with E-state index >= 15 is 0 Å². The molecule has 5 atom stereocenters. The van der Waals surface area contributed by atoms with E-state index in [2.05, 4.69) is 0 Å². The standard InChI is InChI=1S/C32H40O9/c1-20-10-15-26(33)30-27(40-32(3,4)41-30)9-7-8-23-16-25(37-18-22-11-13-24(36-6)14-12-22)17-28(38-19-35-5)29(23)31(34)39-21(20)2/h7-8,10-17,20-21,26-27,30,33H,9,18-19H2,1-6H3/t20-,21?,26?,27?,30?/m1/s1. The molecule has 0 saturated carbocycles. The number of fused-ring (bicyclic) bond motifs is 2. The number of rotatable bonds is 7. The summed E-state index contributed by atoms with van der Waals surface area (Å²) in [6.45, 7) is 7.61. The first kappa shape index (κ1) is 30.6. The van der Waals surface area contributed by atoms with Gasteiger partial charge in [0.05, 0.1) is 13.2 Å². The van der Waals surface area contributed by atoms with Gasteiger partial charge < -0.3 is 38.3 Å². The Balaban J connectivity index is 1.71. The van der Waals surface area contributed by atoms with Gasteiger partial charge in [0.25, 0.3) is 0 Å². The van der Waals surface area contributed by atoms with Crippen molar-refractivity contribution in [3.63, 3.8) is 0 Å². The smallest absolute Gasteiger partial charge is 0.342 e. The van der Waals surface area contributed by atoms with E-state index in [1.54, 1.807) is 25.3 Å². The number of carbonyl (C=O) groups excluding carboxylic acids is 1. The molecule has 9 nitrogen and oxygen atoms in total. The topological polar surface area (TPSA) is 102 Å². The number of aliphatic hydroxyl groups excluding tert-OH is 1. The molecule has 1 saturated heterocycles. The third-order valence-electron chi connectivity index (χ3n) is 7.08. The van der Waals surface area contributed by atoms with E-state index in [4.69, 9.17) is 33.2 Å². The van der Waals surface area contributed by atoms with Crippen molar-refractivity contribution in [1.29, 1.82) is 0 Å². The summed E-state index contributed by atoms with van der Waals surface area (Å²) in [5.74, 6) is -0.0229. The highest BCUT2D eigenvalue weighted by atomic mass is 16.8. The number of cyclic esters (lactones) is 1. The van der Waals surface area contributed by atoms with E-state index in [1.165, 1.54) is 7.11 Å². The van der Waals surface area contributed by atoms with Gasteiger partial charge in [0, 0.05) is 19.1 Å². The quantitative estimate of drug-likeness (QED) is 0.271. The molecule has 2 aliphatic rings. The van der Waals surface area contributed by atoms with Gasteiger partial charge in [0.2, 0.25) is 0 Å². The highest BCUT2D eigenvalue weighted by molar-refractivity contribution is 5.97. The molecule has 0 bridgehead atoms. The van der Waals surface area contributed by atoms with E-state index in [-0.39, 0.29) is 24.0 Å². The van der Waals surface area contributed by atoms with E-state index in [9.17, 15) is 9.90 Å². The molecule has 9 heteroatoms. The number of hydrogen-bond donors (Lipinski definition) is 1. The van der Waals surface area contributed by atoms with Gasteiger partial charge in [-0.15, -0.1) is 0 Å². The van der Waals surface area contributed by atoms with Gasteiger partial charge in [-0.3, -0.25) is 0 Å². The Hall–Kier alpha value is -3.37. The van der Waals surface area contributed by atoms with Gasteiger partial charge in [-0.2, -0.15) is 0 Å². The molecule has 2 aromatic rings. The molecule has 0 radical (unpaired) electrons. The lowest BCUT2D eigenvalue weighted by molar-refractivity contribution is -0.152. The molecule has 1 fully saturated rings. The van der Waals surface area contributed by atoms with Crippen molar-refractivity contribution >= 4 is 12.0 Å². The molecule has 222 valence electrons. The molecule has 0 aliphatic carbocycles. The van der Waals surface area contributed by atoms with Crippen molar-refractivity contribution in [1.82, 2.24) is 0 Å². The molecule has 2 aliphatic heterocycles. The Bertz CT molecular complexity index is 1230. The van der Waals surface area contributed by atoms with Crippen molar-refractivity contribution in [2.45, 2.75) is 70.9 Å². The highest BCUT2D eigenvalue weighted by Crippen LogP contribution is 2.35. The molecular weight excluding hydrogens is 528 g/mol. The minimum atomic E-state index is -0.886. The van der Waals surface area contributed by atoms with Crippen molar-refractivity contribution in [3.05, 3.63) is 71.3 Å². The summed E-state index contributed by atoms with van der Waals surface area (Å²) < 4.78 is 40.3. The third-order valence-corrected chi connectivity index (χ3v) is 7.08. The largest absolute Gasteiger partial charge is 0.497 e. The van der Waals surface area contributed by atoms with Crippen LogP contribution in [0.15, 0.2) is 54.6 Å². The second-order valence-corrected chi connectivity index (χ2v) is 10.7. The fourth-order valence-corrected chi connectivity index (χ4v) is 4.72. The van der Waals surface area contributed by atoms with E-state index in [1.807, 2.05) is 70.2 Å². The zero-order valence-electron chi connectivity index (χ0n) is 24.5. The number of carbonyl (C=O) groups is 1. The van der Waals surface area contributed by atoms with Gasteiger partial charge in [-0.1, -0.05) is 43.4 Å². The molecule has 2 aromatic carbocycles. The molecule has 0 amide bonds. The van der Waals surface area contributed by atoms with Crippen LogP contribution in [-0.2, 0) is 25.6 Å². The first-order valence-corrected chi connectivity index (χ1v) is 13.7. The van der Waals surface area contributed by atoms with Gasteiger partial charge in [-0.05, 0) is 56.5 Å². The Morgan fingerprint density at radius 3 is 2.46 bits per heavy atom. The second-order valence-electron chi connectivity index (χ2n) is 10.7. The van der Waals surface area contributed by atoms with Crippen molar-refractivity contribution in [2.24, 2.45) is 5.92 Å². The van der Waals surface area contributed by atoms with Crippen LogP contribution in [0.25, 0.3) is 6.08 Å². The van der Waals surface area contributed by atoms with Crippen LogP contribution in [0.4, 0.5) is 0 Å². The zero-order valence-corrected chi connectivity index (χ0v) is 24.5. The molecule has 0 aromatic heterocycles. The molecule has 1 N–H and O–H groups in total. The summed E-state index contributed by atoms with van der Waals surface area (Å²) in [4.78, 5) is 13.6. The van der Waals surface area contributed by atoms with E-state index in [0.717, 1.165) is 11.3 Å². The lowest BCUT2D eigenvalue weighted by atomic mass is 9.99. The summed E-state index contributed by atoms with van der Waals surface area (Å²) in [7, 11) is 3.13. The first-order valence-electron chi connectivity index (χ1n) is 13.7. The number of esters is 1. The fourth-order valence-electron chi connectivity index (χ4n) is 4.72. The average Bonchev–Trinajstić information content (AvgIpc) is 3.27. The van der Waals surface area contributed by atoms with Crippen LogP contribution in [0.2, 0.25) is 0 Å². The van der Waals surface area contributed by atoms with Crippen molar-refractivity contribution in [3.8, 4) is 17.2 Å². The lowest BCUT2D eigenvalue weighted by Gasteiger charge is -2.23. The predicted molar refractivity (Wildman–Crippen MR) is 153 cm³/mol. The second kappa shape index (κ2) is 13.5. The third kappa shape index (κ3) is 7.89. The summed E-state index contributed by atoms with van der Waals surface area (Å²) in [6.07, 6.45) is 5.31. The van der Waals surface area contributed by atoms with Gasteiger partial charge in [-0.25, -0.2) is 4.79 Å². The van der Waals surface area contributed by atoms with E-state index in [0.29, 0.717) is 24.3 Å². The maximum absolute atomic E-state index is 13.6. The number of hydrogen-bond acceptors (Lipinski definition) is 9. The maximum Gasteiger partial charge on any atom is 0.342 e. The Kier molecular flexibility index (Phi) is 10.1. The molecular formula is C32H40O9. The lowest BCUT2D eigenvalue weighted by Crippen LogP contribution is -2.34. The van der Waals surface area contributed by atoms with E-state index < -0.39 is 36.2 Å². The minimum absolute atomic E-state index is 0.0675. The summed E-state index contributed by atoms with van der Waals surface area (Å²) in [5, 5.41) is 10.9. The molecule has 2 heterocycles. The van der Waals surface area contributed by atoms with Crippen molar-refractivity contribution < 1.29 is 43.1 Å². The van der Waals surface area contributed by atoms with Crippen LogP contribution in [-0.4, -0.2) is 62.3 Å². The minimum Gasteiger partial charge on any atom is -0.497 e. The zero-order chi connectivity index (χ0) is 29.6. The van der Waals surface area contributed by atoms with Crippen LogP contribution >= 0.6 is 0 Å². The first-order chi connectivity index (χ1) is 19.6. The van der Waals surface area contributed by atoms with Crippen LogP contribution in [0.3, 0.4) is 0 Å². The Morgan fingerprint density at radius 2 is 1.76 bits per heavy atom. The van der Waals surface area contributed by atoms with Crippen LogP contribution in [0.1, 0.15) is 55.6 Å². The number of methoxy groups -OCH3 is 2. The highest BCUT2D eigenvalue weighted by Gasteiger charge is 2.43. The summed E-state index contributed by atoms with van der Waals surface area (Å²) in [5.41, 5.74) is 1.76. The van der Waals surface area contributed by atoms with Crippen LogP contribution in [0.5, 0.6) is 17.2 Å². The van der Waals surface area contributed by atoms with Gasteiger partial charge in [0.15, 0.2) is 12.6 Å². The number of benzene rings is 2. The van der Waals surface area contributed by atoms with Gasteiger partial charge >= 0.3 is 5.97 Å². The normalized spacial score (nSPS) is 25.9. The van der Waals surface area contributed by atoms with Crippen LogP contribution in [0, 0.1) is 5.92 Å². The summed E-state index contributed by atoms with van der Waals surface area (Å²) >= 11 is 0. The monoisotopic (exact) mass is 568 g/mol. The Morgan fingerprint density at radius 1 is 1.00 bits per heavy atom. The maximum atomic E-state index is 13.6. The SMILES string of the molecule is COCOc1cc(OCc2ccc(OC)cc2)cc2c1C(=O)OC(C)[C@H](C)C=CC(O)C1OC(C)(C)OC1CC=C2. The Labute approximate surface area is 241 Å².